The maximum absolute atomic E-state index is 6.22. The van der Waals surface area contributed by atoms with Crippen LogP contribution in [0.25, 0.3) is 0 Å². The first kappa shape index (κ1) is 13.2. The van der Waals surface area contributed by atoms with Gasteiger partial charge in [0.2, 0.25) is 0 Å². The van der Waals surface area contributed by atoms with Crippen LogP contribution in [-0.2, 0) is 13.1 Å². The van der Waals surface area contributed by atoms with E-state index in [2.05, 4.69) is 37.0 Å². The Hall–Kier alpha value is -0.840. The van der Waals surface area contributed by atoms with Crippen LogP contribution in [0.15, 0.2) is 35.2 Å². The van der Waals surface area contributed by atoms with Gasteiger partial charge >= 0.3 is 0 Å². The zero-order valence-corrected chi connectivity index (χ0v) is 12.8. The van der Waals surface area contributed by atoms with Crippen LogP contribution in [0.2, 0.25) is 5.02 Å². The average Bonchev–Trinajstić information content (AvgIpc) is 3.10. The standard InChI is InChI=1S/C14H15BrClN3/c15-11-2-1-10(14(16)5-11)7-19-8-13(18-9-19)6-17-12-3-4-12/h1-2,5,8-9,12,17H,3-4,6-7H2. The summed E-state index contributed by atoms with van der Waals surface area (Å²) < 4.78 is 3.07. The van der Waals surface area contributed by atoms with Crippen molar-refractivity contribution in [3.05, 3.63) is 51.5 Å². The number of benzene rings is 1. The summed E-state index contributed by atoms with van der Waals surface area (Å²) >= 11 is 9.64. The Balaban J connectivity index is 1.65. The van der Waals surface area contributed by atoms with Gasteiger partial charge < -0.3 is 9.88 Å². The van der Waals surface area contributed by atoms with E-state index in [1.807, 2.05) is 24.5 Å². The second-order valence-corrected chi connectivity index (χ2v) is 6.25. The van der Waals surface area contributed by atoms with E-state index in [9.17, 15) is 0 Å². The van der Waals surface area contributed by atoms with Crippen molar-refractivity contribution >= 4 is 27.5 Å². The van der Waals surface area contributed by atoms with Crippen LogP contribution in [-0.4, -0.2) is 15.6 Å². The van der Waals surface area contributed by atoms with Gasteiger partial charge in [0.25, 0.3) is 0 Å². The SMILES string of the molecule is Clc1cc(Br)ccc1Cn1cnc(CNC2CC2)c1. The van der Waals surface area contributed by atoms with Gasteiger partial charge in [-0.2, -0.15) is 0 Å². The van der Waals surface area contributed by atoms with E-state index in [0.717, 1.165) is 33.8 Å². The van der Waals surface area contributed by atoms with E-state index in [1.54, 1.807) is 0 Å². The van der Waals surface area contributed by atoms with Gasteiger partial charge in [0.15, 0.2) is 0 Å². The minimum atomic E-state index is 0.714. The molecule has 5 heteroatoms. The molecule has 19 heavy (non-hydrogen) atoms. The molecule has 0 atom stereocenters. The molecule has 0 saturated heterocycles. The maximum atomic E-state index is 6.22. The van der Waals surface area contributed by atoms with Gasteiger partial charge in [-0.25, -0.2) is 4.98 Å². The third-order valence-electron chi connectivity index (χ3n) is 3.20. The van der Waals surface area contributed by atoms with Gasteiger partial charge in [-0.05, 0) is 30.5 Å². The van der Waals surface area contributed by atoms with Crippen LogP contribution < -0.4 is 5.32 Å². The molecule has 2 aromatic rings. The molecule has 1 aromatic heterocycles. The number of imidazole rings is 1. The average molecular weight is 341 g/mol. The fraction of sp³-hybridized carbons (Fsp3) is 0.357. The van der Waals surface area contributed by atoms with Gasteiger partial charge in [-0.3, -0.25) is 0 Å². The summed E-state index contributed by atoms with van der Waals surface area (Å²) in [5.41, 5.74) is 2.18. The molecule has 100 valence electrons. The number of hydrogen-bond acceptors (Lipinski definition) is 2. The van der Waals surface area contributed by atoms with Gasteiger partial charge in [0.05, 0.1) is 12.0 Å². The van der Waals surface area contributed by atoms with Crippen LogP contribution >= 0.6 is 27.5 Å². The number of nitrogens with zero attached hydrogens (tertiary/aromatic N) is 2. The number of halogens is 2. The molecule has 3 rings (SSSR count). The number of aromatic nitrogens is 2. The van der Waals surface area contributed by atoms with Crippen molar-refractivity contribution in [2.75, 3.05) is 0 Å². The Morgan fingerprint density at radius 1 is 1.42 bits per heavy atom. The molecule has 1 N–H and O–H groups in total. The number of nitrogens with one attached hydrogen (secondary N) is 1. The highest BCUT2D eigenvalue weighted by Gasteiger charge is 2.20. The molecule has 1 aliphatic rings. The van der Waals surface area contributed by atoms with Crippen LogP contribution in [0.5, 0.6) is 0 Å². The summed E-state index contributed by atoms with van der Waals surface area (Å²) in [6.07, 6.45) is 6.54. The summed E-state index contributed by atoms with van der Waals surface area (Å²) in [5, 5.41) is 4.24. The van der Waals surface area contributed by atoms with Gasteiger partial charge in [0, 0.05) is 34.8 Å². The molecule has 0 amide bonds. The minimum absolute atomic E-state index is 0.714. The molecular weight excluding hydrogens is 326 g/mol. The van der Waals surface area contributed by atoms with Crippen molar-refractivity contribution in [2.24, 2.45) is 0 Å². The van der Waals surface area contributed by atoms with E-state index < -0.39 is 0 Å². The summed E-state index contributed by atoms with van der Waals surface area (Å²) in [5.74, 6) is 0. The lowest BCUT2D eigenvalue weighted by molar-refractivity contribution is 0.676. The first-order valence-electron chi connectivity index (χ1n) is 6.38. The predicted molar refractivity (Wildman–Crippen MR) is 80.3 cm³/mol. The normalized spacial score (nSPS) is 14.8. The molecule has 1 saturated carbocycles. The van der Waals surface area contributed by atoms with E-state index in [1.165, 1.54) is 12.8 Å². The fourth-order valence-corrected chi connectivity index (χ4v) is 2.70. The molecule has 0 bridgehead atoms. The monoisotopic (exact) mass is 339 g/mol. The molecule has 0 radical (unpaired) electrons. The molecule has 3 nitrogen and oxygen atoms in total. The minimum Gasteiger partial charge on any atom is -0.333 e. The highest BCUT2D eigenvalue weighted by molar-refractivity contribution is 9.10. The topological polar surface area (TPSA) is 29.9 Å². The zero-order chi connectivity index (χ0) is 13.2. The molecule has 0 aliphatic heterocycles. The smallest absolute Gasteiger partial charge is 0.0953 e. The number of rotatable bonds is 5. The Morgan fingerprint density at radius 2 is 2.26 bits per heavy atom. The Labute approximate surface area is 126 Å². The largest absolute Gasteiger partial charge is 0.333 e. The quantitative estimate of drug-likeness (QED) is 0.901. The van der Waals surface area contributed by atoms with Crippen molar-refractivity contribution in [2.45, 2.75) is 32.0 Å². The highest BCUT2D eigenvalue weighted by atomic mass is 79.9. The summed E-state index contributed by atoms with van der Waals surface area (Å²) in [4.78, 5) is 4.41. The lowest BCUT2D eigenvalue weighted by atomic mass is 10.2. The van der Waals surface area contributed by atoms with E-state index >= 15 is 0 Å². The Kier molecular flexibility index (Phi) is 3.91. The van der Waals surface area contributed by atoms with Crippen molar-refractivity contribution in [1.29, 1.82) is 0 Å². The van der Waals surface area contributed by atoms with Gasteiger partial charge in [-0.1, -0.05) is 33.6 Å². The summed E-state index contributed by atoms with van der Waals surface area (Å²) in [7, 11) is 0. The fourth-order valence-electron chi connectivity index (χ4n) is 1.97. The van der Waals surface area contributed by atoms with E-state index in [4.69, 9.17) is 11.6 Å². The molecule has 0 spiro atoms. The second kappa shape index (κ2) is 5.65. The van der Waals surface area contributed by atoms with Crippen LogP contribution in [0.3, 0.4) is 0 Å². The first-order chi connectivity index (χ1) is 9.20. The molecular formula is C14H15BrClN3. The Morgan fingerprint density at radius 3 is 3.00 bits per heavy atom. The zero-order valence-electron chi connectivity index (χ0n) is 10.4. The lowest BCUT2D eigenvalue weighted by Gasteiger charge is -2.05. The van der Waals surface area contributed by atoms with E-state index in [0.29, 0.717) is 6.04 Å². The third kappa shape index (κ3) is 3.59. The Bertz CT molecular complexity index is 578. The highest BCUT2D eigenvalue weighted by Crippen LogP contribution is 2.22. The molecule has 1 aromatic carbocycles. The molecule has 1 heterocycles. The molecule has 1 aliphatic carbocycles. The van der Waals surface area contributed by atoms with Crippen LogP contribution in [0.1, 0.15) is 24.1 Å². The number of hydrogen-bond donors (Lipinski definition) is 1. The van der Waals surface area contributed by atoms with Crippen molar-refractivity contribution < 1.29 is 0 Å². The molecule has 0 unspecified atom stereocenters. The summed E-state index contributed by atoms with van der Waals surface area (Å²) in [6.45, 7) is 1.61. The van der Waals surface area contributed by atoms with Crippen LogP contribution in [0.4, 0.5) is 0 Å². The van der Waals surface area contributed by atoms with Gasteiger partial charge in [-0.15, -0.1) is 0 Å². The van der Waals surface area contributed by atoms with Crippen LogP contribution in [0, 0.1) is 0 Å². The lowest BCUT2D eigenvalue weighted by Crippen LogP contribution is -2.15. The molecule has 1 fully saturated rings. The van der Waals surface area contributed by atoms with Crippen molar-refractivity contribution in [3.8, 4) is 0 Å². The van der Waals surface area contributed by atoms with E-state index in [-0.39, 0.29) is 0 Å². The maximum Gasteiger partial charge on any atom is 0.0953 e. The van der Waals surface area contributed by atoms with Crippen molar-refractivity contribution in [1.82, 2.24) is 14.9 Å². The third-order valence-corrected chi connectivity index (χ3v) is 4.05. The second-order valence-electron chi connectivity index (χ2n) is 4.93. The predicted octanol–water partition coefficient (Wildman–Crippen LogP) is 3.60. The van der Waals surface area contributed by atoms with Gasteiger partial charge in [0.1, 0.15) is 0 Å². The first-order valence-corrected chi connectivity index (χ1v) is 7.56. The summed E-state index contributed by atoms with van der Waals surface area (Å²) in [6, 6.07) is 6.68. The van der Waals surface area contributed by atoms with Crippen molar-refractivity contribution in [3.63, 3.8) is 0 Å².